The van der Waals surface area contributed by atoms with Crippen molar-refractivity contribution >= 4 is 17.8 Å². The number of hydrogen-bond acceptors (Lipinski definition) is 5. The number of aromatic nitrogens is 1. The van der Waals surface area contributed by atoms with Crippen LogP contribution in [0.4, 0.5) is 0 Å². The van der Waals surface area contributed by atoms with Gasteiger partial charge in [0.15, 0.2) is 0 Å². The first-order valence-corrected chi connectivity index (χ1v) is 6.69. The number of aromatic carboxylic acids is 1. The van der Waals surface area contributed by atoms with E-state index in [1.807, 2.05) is 0 Å². The highest BCUT2D eigenvalue weighted by Gasteiger charge is 2.32. The highest BCUT2D eigenvalue weighted by Crippen LogP contribution is 2.16. The number of likely N-dealkylation sites (tertiary alicyclic amines) is 1. The van der Waals surface area contributed by atoms with Crippen LogP contribution < -0.4 is 0 Å². The van der Waals surface area contributed by atoms with Gasteiger partial charge in [0.05, 0.1) is 6.10 Å². The molecule has 0 unspecified atom stereocenters. The lowest BCUT2D eigenvalue weighted by molar-refractivity contribution is -0.138. The normalized spacial score (nSPS) is 14.4. The first kappa shape index (κ1) is 15.9. The Balaban J connectivity index is 1.85. The SMILES string of the molecule is CN(C)C(=O)COC1CN(C(=O)c2ccnc(C(=O)O)c2)C1. The average molecular weight is 307 g/mol. The predicted molar refractivity (Wildman–Crippen MR) is 75.5 cm³/mol. The Labute approximate surface area is 127 Å². The molecule has 1 fully saturated rings. The maximum absolute atomic E-state index is 12.2. The van der Waals surface area contributed by atoms with E-state index in [1.165, 1.54) is 28.1 Å². The Hall–Kier alpha value is -2.48. The predicted octanol–water partition coefficient (Wildman–Crippen LogP) is -0.291. The topological polar surface area (TPSA) is 100 Å². The summed E-state index contributed by atoms with van der Waals surface area (Å²) in [5.41, 5.74) is 0.103. The smallest absolute Gasteiger partial charge is 0.354 e. The first-order valence-electron chi connectivity index (χ1n) is 6.69. The van der Waals surface area contributed by atoms with Gasteiger partial charge < -0.3 is 19.6 Å². The number of ether oxygens (including phenoxy) is 1. The van der Waals surface area contributed by atoms with Gasteiger partial charge in [-0.25, -0.2) is 9.78 Å². The molecule has 8 nitrogen and oxygen atoms in total. The summed E-state index contributed by atoms with van der Waals surface area (Å²) in [5.74, 6) is -1.59. The van der Waals surface area contributed by atoms with E-state index in [0.717, 1.165) is 0 Å². The largest absolute Gasteiger partial charge is 0.477 e. The molecule has 0 radical (unpaired) electrons. The number of amides is 2. The van der Waals surface area contributed by atoms with E-state index in [4.69, 9.17) is 9.84 Å². The monoisotopic (exact) mass is 307 g/mol. The van der Waals surface area contributed by atoms with Gasteiger partial charge in [-0.3, -0.25) is 9.59 Å². The zero-order valence-corrected chi connectivity index (χ0v) is 12.4. The van der Waals surface area contributed by atoms with Crippen LogP contribution in [0.1, 0.15) is 20.8 Å². The number of rotatable bonds is 5. The summed E-state index contributed by atoms with van der Waals surface area (Å²) in [5, 5.41) is 8.87. The second-order valence-electron chi connectivity index (χ2n) is 5.17. The third-order valence-corrected chi connectivity index (χ3v) is 3.30. The molecule has 1 N–H and O–H groups in total. The second-order valence-corrected chi connectivity index (χ2v) is 5.17. The summed E-state index contributed by atoms with van der Waals surface area (Å²) < 4.78 is 5.39. The molecule has 118 valence electrons. The van der Waals surface area contributed by atoms with Gasteiger partial charge in [0.1, 0.15) is 12.3 Å². The molecule has 0 atom stereocenters. The van der Waals surface area contributed by atoms with Crippen molar-refractivity contribution in [3.63, 3.8) is 0 Å². The highest BCUT2D eigenvalue weighted by atomic mass is 16.5. The zero-order chi connectivity index (χ0) is 16.3. The molecule has 8 heteroatoms. The van der Waals surface area contributed by atoms with Crippen LogP contribution in [0.15, 0.2) is 18.3 Å². The minimum atomic E-state index is -1.18. The lowest BCUT2D eigenvalue weighted by Gasteiger charge is -2.38. The summed E-state index contributed by atoms with van der Waals surface area (Å²) in [6, 6.07) is 2.72. The van der Waals surface area contributed by atoms with E-state index < -0.39 is 5.97 Å². The Kier molecular flexibility index (Phi) is 4.71. The molecule has 1 aromatic heterocycles. The molecule has 0 spiro atoms. The Morgan fingerprint density at radius 1 is 1.41 bits per heavy atom. The van der Waals surface area contributed by atoms with Crippen LogP contribution in [-0.2, 0) is 9.53 Å². The van der Waals surface area contributed by atoms with Crippen LogP contribution in [0, 0.1) is 0 Å². The summed E-state index contributed by atoms with van der Waals surface area (Å²) in [4.78, 5) is 41.0. The van der Waals surface area contributed by atoms with Crippen molar-refractivity contribution in [2.24, 2.45) is 0 Å². The Morgan fingerprint density at radius 2 is 2.09 bits per heavy atom. The van der Waals surface area contributed by atoms with E-state index in [1.54, 1.807) is 14.1 Å². The van der Waals surface area contributed by atoms with Crippen LogP contribution in [0.25, 0.3) is 0 Å². The highest BCUT2D eigenvalue weighted by molar-refractivity contribution is 5.97. The summed E-state index contributed by atoms with van der Waals surface area (Å²) in [6.07, 6.45) is 1.12. The summed E-state index contributed by atoms with van der Waals surface area (Å²) >= 11 is 0. The van der Waals surface area contributed by atoms with E-state index in [2.05, 4.69) is 4.98 Å². The third-order valence-electron chi connectivity index (χ3n) is 3.30. The van der Waals surface area contributed by atoms with Crippen LogP contribution in [0.3, 0.4) is 0 Å². The first-order chi connectivity index (χ1) is 10.4. The second kappa shape index (κ2) is 6.52. The molecule has 0 bridgehead atoms. The van der Waals surface area contributed by atoms with Crippen molar-refractivity contribution in [2.45, 2.75) is 6.10 Å². The van der Waals surface area contributed by atoms with Gasteiger partial charge >= 0.3 is 5.97 Å². The number of carboxylic acid groups (broad SMARTS) is 1. The van der Waals surface area contributed by atoms with Crippen molar-refractivity contribution in [1.29, 1.82) is 0 Å². The fraction of sp³-hybridized carbons (Fsp3) is 0.429. The lowest BCUT2D eigenvalue weighted by atomic mass is 10.1. The molecule has 1 aromatic rings. The average Bonchev–Trinajstić information content (AvgIpc) is 2.45. The molecule has 0 saturated carbocycles. The van der Waals surface area contributed by atoms with Crippen molar-refractivity contribution < 1.29 is 24.2 Å². The minimum absolute atomic E-state index is 0.0158. The summed E-state index contributed by atoms with van der Waals surface area (Å²) in [7, 11) is 3.29. The van der Waals surface area contributed by atoms with Gasteiger partial charge in [-0.2, -0.15) is 0 Å². The van der Waals surface area contributed by atoms with Crippen LogP contribution in [-0.4, -0.2) is 77.6 Å². The Morgan fingerprint density at radius 3 is 2.68 bits per heavy atom. The van der Waals surface area contributed by atoms with E-state index in [-0.39, 0.29) is 35.8 Å². The number of carbonyl (C=O) groups excluding carboxylic acids is 2. The maximum Gasteiger partial charge on any atom is 0.354 e. The molecule has 1 saturated heterocycles. The molecular formula is C14H17N3O5. The van der Waals surface area contributed by atoms with E-state index in [9.17, 15) is 14.4 Å². The summed E-state index contributed by atoms with van der Waals surface area (Å²) in [6.45, 7) is 0.743. The standard InChI is InChI=1S/C14H17N3O5/c1-16(2)12(18)8-22-10-6-17(7-10)13(19)9-3-4-15-11(5-9)14(20)21/h3-5,10H,6-8H2,1-2H3,(H,20,21). The molecule has 0 aromatic carbocycles. The van der Waals surface area contributed by atoms with Crippen molar-refractivity contribution in [1.82, 2.24) is 14.8 Å². The van der Waals surface area contributed by atoms with Gasteiger partial charge in [-0.15, -0.1) is 0 Å². The molecule has 1 aliphatic heterocycles. The molecule has 2 heterocycles. The Bertz CT molecular complexity index is 596. The van der Waals surface area contributed by atoms with E-state index in [0.29, 0.717) is 13.1 Å². The van der Waals surface area contributed by atoms with Crippen LogP contribution in [0.2, 0.25) is 0 Å². The van der Waals surface area contributed by atoms with Crippen LogP contribution in [0.5, 0.6) is 0 Å². The van der Waals surface area contributed by atoms with Gasteiger partial charge in [-0.05, 0) is 12.1 Å². The van der Waals surface area contributed by atoms with Crippen LogP contribution >= 0.6 is 0 Å². The number of nitrogens with zero attached hydrogens (tertiary/aromatic N) is 3. The quantitative estimate of drug-likeness (QED) is 0.802. The molecule has 2 rings (SSSR count). The minimum Gasteiger partial charge on any atom is -0.477 e. The maximum atomic E-state index is 12.2. The third kappa shape index (κ3) is 3.59. The number of likely N-dealkylation sites (N-methyl/N-ethyl adjacent to an activating group) is 1. The fourth-order valence-electron chi connectivity index (χ4n) is 1.89. The molecule has 22 heavy (non-hydrogen) atoms. The van der Waals surface area contributed by atoms with Crippen molar-refractivity contribution in [3.05, 3.63) is 29.6 Å². The van der Waals surface area contributed by atoms with Gasteiger partial charge in [0.25, 0.3) is 5.91 Å². The van der Waals surface area contributed by atoms with Crippen molar-refractivity contribution in [2.75, 3.05) is 33.8 Å². The zero-order valence-electron chi connectivity index (χ0n) is 12.4. The number of carbonyl (C=O) groups is 3. The van der Waals surface area contributed by atoms with Gasteiger partial charge in [-0.1, -0.05) is 0 Å². The fourth-order valence-corrected chi connectivity index (χ4v) is 1.89. The molecule has 0 aliphatic carbocycles. The number of hydrogen-bond donors (Lipinski definition) is 1. The molecular weight excluding hydrogens is 290 g/mol. The lowest BCUT2D eigenvalue weighted by Crippen LogP contribution is -2.55. The molecule has 1 aliphatic rings. The number of carboxylic acids is 1. The van der Waals surface area contributed by atoms with E-state index >= 15 is 0 Å². The van der Waals surface area contributed by atoms with Crippen molar-refractivity contribution in [3.8, 4) is 0 Å². The number of pyridine rings is 1. The molecule has 2 amide bonds. The van der Waals surface area contributed by atoms with Gasteiger partial charge in [0, 0.05) is 38.9 Å². The van der Waals surface area contributed by atoms with Gasteiger partial charge in [0.2, 0.25) is 5.91 Å².